The summed E-state index contributed by atoms with van der Waals surface area (Å²) >= 11 is 0. The van der Waals surface area contributed by atoms with E-state index in [2.05, 4.69) is 5.32 Å². The van der Waals surface area contributed by atoms with Gasteiger partial charge in [0.05, 0.1) is 17.6 Å². The summed E-state index contributed by atoms with van der Waals surface area (Å²) in [5, 5.41) is 3.31. The Kier molecular flexibility index (Phi) is 6.13. The number of nitrogens with one attached hydrogen (secondary N) is 1. The Balaban J connectivity index is 1.67. The fourth-order valence-electron chi connectivity index (χ4n) is 4.26. The zero-order valence-electron chi connectivity index (χ0n) is 20.2. The van der Waals surface area contributed by atoms with Crippen molar-refractivity contribution in [1.82, 2.24) is 5.32 Å². The zero-order valence-corrected chi connectivity index (χ0v) is 18.2. The van der Waals surface area contributed by atoms with Crippen LogP contribution >= 0.6 is 0 Å². The number of amides is 1. The van der Waals surface area contributed by atoms with Crippen LogP contribution in [0.5, 0.6) is 5.75 Å². The second kappa shape index (κ2) is 9.85. The van der Waals surface area contributed by atoms with Gasteiger partial charge in [0.2, 0.25) is 12.7 Å². The van der Waals surface area contributed by atoms with E-state index in [0.29, 0.717) is 5.56 Å². The number of halogens is 4. The molecule has 1 N–H and O–H groups in total. The summed E-state index contributed by atoms with van der Waals surface area (Å²) in [5.41, 5.74) is 0.946. The van der Waals surface area contributed by atoms with Crippen LogP contribution in [0.3, 0.4) is 0 Å². The molecule has 3 aromatic rings. The van der Waals surface area contributed by atoms with E-state index in [0.717, 1.165) is 17.7 Å². The van der Waals surface area contributed by atoms with Crippen LogP contribution in [0.1, 0.15) is 44.9 Å². The maximum atomic E-state index is 13.5. The summed E-state index contributed by atoms with van der Waals surface area (Å²) in [6.45, 7) is -1.48. The highest BCUT2D eigenvalue weighted by molar-refractivity contribution is 6.00. The van der Waals surface area contributed by atoms with Gasteiger partial charge in [-0.3, -0.25) is 10.1 Å². The van der Waals surface area contributed by atoms with Crippen LogP contribution in [0.25, 0.3) is 0 Å². The Morgan fingerprint density at radius 1 is 1.09 bits per heavy atom. The summed E-state index contributed by atoms with van der Waals surface area (Å²) < 4.78 is 71.5. The van der Waals surface area contributed by atoms with Gasteiger partial charge < -0.3 is 9.64 Å². The Morgan fingerprint density at radius 2 is 1.79 bits per heavy atom. The lowest BCUT2D eigenvalue weighted by molar-refractivity contribution is -0.137. The van der Waals surface area contributed by atoms with Gasteiger partial charge in [-0.1, -0.05) is 42.5 Å². The average molecular weight is 473 g/mol. The number of rotatable bonds is 7. The fraction of sp³-hybridized carbons (Fsp3) is 0.269. The number of hydrogen-bond donors (Lipinski definition) is 1. The van der Waals surface area contributed by atoms with Gasteiger partial charge in [0.15, 0.2) is 0 Å². The number of alkyl halides is 4. The second-order valence-electron chi connectivity index (χ2n) is 8.11. The monoisotopic (exact) mass is 473 g/mol. The molecule has 0 bridgehead atoms. The molecule has 0 aliphatic carbocycles. The van der Waals surface area contributed by atoms with Crippen molar-refractivity contribution in [1.29, 1.82) is 0 Å². The largest absolute Gasteiger partial charge is 0.463 e. The van der Waals surface area contributed by atoms with Crippen LogP contribution in [0.15, 0.2) is 78.9 Å². The molecule has 3 aromatic carbocycles. The predicted molar refractivity (Wildman–Crippen MR) is 121 cm³/mol. The topological polar surface area (TPSA) is 41.6 Å². The van der Waals surface area contributed by atoms with Crippen LogP contribution in [0.4, 0.5) is 23.2 Å². The zero-order chi connectivity index (χ0) is 26.1. The summed E-state index contributed by atoms with van der Waals surface area (Å²) in [4.78, 5) is 15.0. The number of benzene rings is 3. The van der Waals surface area contributed by atoms with Crippen molar-refractivity contribution in [2.75, 3.05) is 11.7 Å². The molecule has 4 nitrogen and oxygen atoms in total. The summed E-state index contributed by atoms with van der Waals surface area (Å²) in [6, 6.07) is 18.4. The van der Waals surface area contributed by atoms with Gasteiger partial charge in [0.25, 0.3) is 0 Å². The highest BCUT2D eigenvalue weighted by atomic mass is 19.4. The van der Waals surface area contributed by atoms with E-state index in [1.165, 1.54) is 29.2 Å². The van der Waals surface area contributed by atoms with Crippen LogP contribution < -0.4 is 15.0 Å². The number of hydrogen-bond acceptors (Lipinski definition) is 3. The molecule has 0 unspecified atom stereocenters. The number of anilines is 1. The maximum absolute atomic E-state index is 13.5. The minimum atomic E-state index is -4.51. The van der Waals surface area contributed by atoms with Crippen molar-refractivity contribution < 1.29 is 29.8 Å². The van der Waals surface area contributed by atoms with E-state index in [1.807, 2.05) is 37.3 Å². The van der Waals surface area contributed by atoms with Gasteiger partial charge in [0.1, 0.15) is 8.49 Å². The molecular formula is C26H24F4N2O2. The average Bonchev–Trinajstić information content (AvgIpc) is 3.14. The number of nitrogens with zero attached hydrogens (tertiary/aromatic N) is 1. The molecular weight excluding hydrogens is 447 g/mol. The third-order valence-corrected chi connectivity index (χ3v) is 5.93. The van der Waals surface area contributed by atoms with Crippen LogP contribution in [0, 0.1) is 0 Å². The molecule has 3 atom stereocenters. The molecule has 1 amide bonds. The van der Waals surface area contributed by atoms with Crippen LogP contribution in [0.2, 0.25) is 0 Å². The first-order valence-corrected chi connectivity index (χ1v) is 10.7. The SMILES string of the molecule is [2H]C([2H])([18F])Oc1cccc([C@H]2C[C@@H](N[C@H](C)c3ccccc3)C(=O)N2c2ccc(C(F)(F)F)cc2)c1. The van der Waals surface area contributed by atoms with Crippen LogP contribution in [-0.2, 0) is 11.0 Å². The van der Waals surface area contributed by atoms with Crippen molar-refractivity contribution in [3.8, 4) is 5.75 Å². The predicted octanol–water partition coefficient (Wildman–Crippen LogP) is 6.21. The minimum absolute atomic E-state index is 0.0751. The Morgan fingerprint density at radius 3 is 2.44 bits per heavy atom. The first-order chi connectivity index (χ1) is 16.9. The molecule has 8 heteroatoms. The van der Waals surface area contributed by atoms with Gasteiger partial charge in [-0.05, 0) is 60.9 Å². The Bertz CT molecular complexity index is 1200. The van der Waals surface area contributed by atoms with Gasteiger partial charge in [0, 0.05) is 11.7 Å². The van der Waals surface area contributed by atoms with E-state index < -0.39 is 30.6 Å². The van der Waals surface area contributed by atoms with Gasteiger partial charge in [-0.2, -0.15) is 13.2 Å². The van der Waals surface area contributed by atoms with E-state index >= 15 is 0 Å². The molecule has 178 valence electrons. The van der Waals surface area contributed by atoms with Crippen molar-refractivity contribution in [2.24, 2.45) is 0 Å². The highest BCUT2D eigenvalue weighted by Gasteiger charge is 2.42. The molecule has 0 aromatic heterocycles. The van der Waals surface area contributed by atoms with Crippen molar-refractivity contribution in [3.05, 3.63) is 95.6 Å². The molecule has 0 radical (unpaired) electrons. The standard InChI is InChI=1S/C26H24F4N2O2/c1-17(18-6-3-2-4-7-18)31-23-15-24(19-8-5-9-22(14-19)34-16-27)32(25(23)33)21-12-10-20(11-13-21)26(28,29)30/h2-14,17,23-24,31H,15-16H2,1H3/t17-,23-,24-/m1/s1/i16D2,27-1. The van der Waals surface area contributed by atoms with Crippen LogP contribution in [-0.4, -0.2) is 18.8 Å². The summed E-state index contributed by atoms with van der Waals surface area (Å²) in [6.07, 6.45) is -4.23. The number of carbonyl (C=O) groups excluding carboxylic acids is 1. The number of ether oxygens (including phenoxy) is 1. The van der Waals surface area contributed by atoms with E-state index in [9.17, 15) is 22.4 Å². The lowest BCUT2D eigenvalue weighted by Gasteiger charge is -2.26. The quantitative estimate of drug-likeness (QED) is 0.415. The third kappa shape index (κ3) is 5.07. The third-order valence-electron chi connectivity index (χ3n) is 5.93. The molecule has 1 aliphatic heterocycles. The normalized spacial score (nSPS) is 20.6. The van der Waals surface area contributed by atoms with Crippen molar-refractivity contribution in [3.63, 3.8) is 0 Å². The fourth-order valence-corrected chi connectivity index (χ4v) is 4.26. The molecule has 1 saturated heterocycles. The Hall–Kier alpha value is -3.39. The van der Waals surface area contributed by atoms with E-state index in [1.54, 1.807) is 12.1 Å². The first-order valence-electron chi connectivity index (χ1n) is 11.7. The van der Waals surface area contributed by atoms with Gasteiger partial charge >= 0.3 is 6.18 Å². The van der Waals surface area contributed by atoms with Crippen molar-refractivity contribution in [2.45, 2.75) is 37.6 Å². The molecule has 0 spiro atoms. The molecule has 0 saturated carbocycles. The lowest BCUT2D eigenvalue weighted by atomic mass is 10.0. The summed E-state index contributed by atoms with van der Waals surface area (Å²) in [7, 11) is 0. The maximum Gasteiger partial charge on any atom is 0.416 e. The lowest BCUT2D eigenvalue weighted by Crippen LogP contribution is -2.39. The van der Waals surface area contributed by atoms with E-state index in [-0.39, 0.29) is 29.8 Å². The van der Waals surface area contributed by atoms with Gasteiger partial charge in [-0.15, -0.1) is 0 Å². The van der Waals surface area contributed by atoms with Crippen molar-refractivity contribution >= 4 is 11.6 Å². The first kappa shape index (κ1) is 21.2. The molecule has 1 heterocycles. The van der Waals surface area contributed by atoms with E-state index in [4.69, 9.17) is 7.48 Å². The Labute approximate surface area is 198 Å². The highest BCUT2D eigenvalue weighted by Crippen LogP contribution is 2.40. The molecule has 1 fully saturated rings. The second-order valence-corrected chi connectivity index (χ2v) is 8.11. The molecule has 4 rings (SSSR count). The smallest absolute Gasteiger partial charge is 0.416 e. The summed E-state index contributed by atoms with van der Waals surface area (Å²) in [5.74, 6) is -0.399. The molecule has 34 heavy (non-hydrogen) atoms. The number of carbonyl (C=O) groups is 1. The van der Waals surface area contributed by atoms with Gasteiger partial charge in [-0.25, -0.2) is 4.39 Å². The molecule has 1 aliphatic rings. The minimum Gasteiger partial charge on any atom is -0.463 e.